The highest BCUT2D eigenvalue weighted by atomic mass is 35.5. The summed E-state index contributed by atoms with van der Waals surface area (Å²) in [5.41, 5.74) is 3.85. The molecule has 3 aromatic rings. The molecule has 0 aliphatic rings. The third-order valence-electron chi connectivity index (χ3n) is 2.38. The number of fused-ring (bicyclic) bond motifs is 2. The lowest BCUT2D eigenvalue weighted by molar-refractivity contribution is 1.13. The van der Waals surface area contributed by atoms with Crippen LogP contribution in [0.2, 0.25) is 0 Å². The monoisotopic (exact) mass is 220 g/mol. The Labute approximate surface area is 90.7 Å². The van der Waals surface area contributed by atoms with Gasteiger partial charge in [0.2, 0.25) is 0 Å². The summed E-state index contributed by atoms with van der Waals surface area (Å²) in [6, 6.07) is 3.97. The van der Waals surface area contributed by atoms with E-state index >= 15 is 0 Å². The standard InChI is InChI=1S/C10H9ClN4/c1-5-12-6-2-8-9(3-7(6)13-5)15-10(4-11)14-8/h2-3H,4H2,1H3,(H,12,13)(H,14,15). The maximum atomic E-state index is 5.71. The number of nitrogens with one attached hydrogen (secondary N) is 2. The lowest BCUT2D eigenvalue weighted by atomic mass is 10.3. The molecule has 0 radical (unpaired) electrons. The molecule has 5 heteroatoms. The van der Waals surface area contributed by atoms with E-state index in [1.54, 1.807) is 0 Å². The number of halogens is 1. The van der Waals surface area contributed by atoms with Crippen LogP contribution in [-0.4, -0.2) is 19.9 Å². The number of aromatic nitrogens is 4. The van der Waals surface area contributed by atoms with Crippen LogP contribution in [0, 0.1) is 6.92 Å². The zero-order chi connectivity index (χ0) is 10.4. The second-order valence-electron chi connectivity index (χ2n) is 3.53. The van der Waals surface area contributed by atoms with Crippen molar-refractivity contribution in [1.29, 1.82) is 0 Å². The van der Waals surface area contributed by atoms with Gasteiger partial charge in [0, 0.05) is 0 Å². The summed E-state index contributed by atoms with van der Waals surface area (Å²) in [6.07, 6.45) is 0. The molecule has 3 rings (SSSR count). The summed E-state index contributed by atoms with van der Waals surface area (Å²) in [7, 11) is 0. The highest BCUT2D eigenvalue weighted by Crippen LogP contribution is 2.19. The second-order valence-corrected chi connectivity index (χ2v) is 3.79. The van der Waals surface area contributed by atoms with E-state index in [1.165, 1.54) is 0 Å². The predicted molar refractivity (Wildman–Crippen MR) is 60.0 cm³/mol. The molecule has 0 unspecified atom stereocenters. The molecule has 0 saturated carbocycles. The fourth-order valence-corrected chi connectivity index (χ4v) is 1.88. The molecule has 0 bridgehead atoms. The van der Waals surface area contributed by atoms with Crippen LogP contribution in [-0.2, 0) is 5.88 Å². The van der Waals surface area contributed by atoms with Gasteiger partial charge in [0.1, 0.15) is 11.6 Å². The molecule has 0 saturated heterocycles. The molecule has 0 aliphatic heterocycles. The Morgan fingerprint density at radius 2 is 1.87 bits per heavy atom. The van der Waals surface area contributed by atoms with Crippen molar-refractivity contribution in [2.24, 2.45) is 0 Å². The topological polar surface area (TPSA) is 57.4 Å². The van der Waals surface area contributed by atoms with Gasteiger partial charge >= 0.3 is 0 Å². The van der Waals surface area contributed by atoms with Gasteiger partial charge in [-0.15, -0.1) is 11.6 Å². The Hall–Kier alpha value is -1.55. The van der Waals surface area contributed by atoms with Crippen molar-refractivity contribution in [3.63, 3.8) is 0 Å². The SMILES string of the molecule is Cc1nc2cc3nc(CCl)[nH]c3cc2[nH]1. The lowest BCUT2D eigenvalue weighted by Crippen LogP contribution is -1.77. The number of hydrogen-bond acceptors (Lipinski definition) is 2. The molecular formula is C10H9ClN4. The third kappa shape index (κ3) is 1.29. The number of nitrogens with zero attached hydrogens (tertiary/aromatic N) is 2. The van der Waals surface area contributed by atoms with Gasteiger partial charge in [-0.3, -0.25) is 0 Å². The van der Waals surface area contributed by atoms with Crippen molar-refractivity contribution in [3.8, 4) is 0 Å². The first-order valence-corrected chi connectivity index (χ1v) is 5.20. The maximum absolute atomic E-state index is 5.71. The van der Waals surface area contributed by atoms with Gasteiger partial charge < -0.3 is 9.97 Å². The minimum atomic E-state index is 0.398. The first kappa shape index (κ1) is 8.73. The van der Waals surface area contributed by atoms with Crippen LogP contribution < -0.4 is 0 Å². The fourth-order valence-electron chi connectivity index (χ4n) is 1.76. The molecule has 0 fully saturated rings. The number of rotatable bonds is 1. The molecule has 76 valence electrons. The zero-order valence-electron chi connectivity index (χ0n) is 8.13. The fraction of sp³-hybridized carbons (Fsp3) is 0.200. The van der Waals surface area contributed by atoms with Crippen molar-refractivity contribution < 1.29 is 0 Å². The summed E-state index contributed by atoms with van der Waals surface area (Å²) in [6.45, 7) is 1.94. The molecule has 4 nitrogen and oxygen atoms in total. The quantitative estimate of drug-likeness (QED) is 0.619. The molecule has 1 aromatic carbocycles. The van der Waals surface area contributed by atoms with Gasteiger partial charge in [0.25, 0.3) is 0 Å². The molecular weight excluding hydrogens is 212 g/mol. The van der Waals surface area contributed by atoms with Gasteiger partial charge in [-0.05, 0) is 19.1 Å². The number of benzene rings is 1. The molecule has 0 aliphatic carbocycles. The first-order valence-electron chi connectivity index (χ1n) is 4.67. The van der Waals surface area contributed by atoms with Crippen molar-refractivity contribution in [2.75, 3.05) is 0 Å². The highest BCUT2D eigenvalue weighted by molar-refractivity contribution is 6.16. The Bertz CT molecular complexity index is 586. The van der Waals surface area contributed by atoms with Crippen LogP contribution in [0.4, 0.5) is 0 Å². The van der Waals surface area contributed by atoms with E-state index in [0.29, 0.717) is 5.88 Å². The van der Waals surface area contributed by atoms with E-state index in [9.17, 15) is 0 Å². The van der Waals surface area contributed by atoms with E-state index in [-0.39, 0.29) is 0 Å². The molecule has 2 N–H and O–H groups in total. The minimum absolute atomic E-state index is 0.398. The molecule has 15 heavy (non-hydrogen) atoms. The van der Waals surface area contributed by atoms with Gasteiger partial charge in [-0.2, -0.15) is 0 Å². The summed E-state index contributed by atoms with van der Waals surface area (Å²) in [5, 5.41) is 0. The third-order valence-corrected chi connectivity index (χ3v) is 2.63. The van der Waals surface area contributed by atoms with E-state index in [2.05, 4.69) is 19.9 Å². The van der Waals surface area contributed by atoms with Crippen LogP contribution in [0.1, 0.15) is 11.6 Å². The van der Waals surface area contributed by atoms with Gasteiger partial charge in [0.15, 0.2) is 0 Å². The maximum Gasteiger partial charge on any atom is 0.122 e. The largest absolute Gasteiger partial charge is 0.342 e. The van der Waals surface area contributed by atoms with Crippen molar-refractivity contribution in [3.05, 3.63) is 23.8 Å². The molecule has 2 heterocycles. The van der Waals surface area contributed by atoms with Gasteiger partial charge in [0.05, 0.1) is 27.9 Å². The van der Waals surface area contributed by atoms with Crippen LogP contribution >= 0.6 is 11.6 Å². The summed E-state index contributed by atoms with van der Waals surface area (Å²) < 4.78 is 0. The molecule has 0 spiro atoms. The molecule has 0 amide bonds. The summed E-state index contributed by atoms with van der Waals surface area (Å²) in [4.78, 5) is 15.0. The van der Waals surface area contributed by atoms with Crippen LogP contribution in [0.25, 0.3) is 22.1 Å². The van der Waals surface area contributed by atoms with Crippen LogP contribution in [0.15, 0.2) is 12.1 Å². The number of aryl methyl sites for hydroxylation is 1. The average molecular weight is 221 g/mol. The Morgan fingerprint density at radius 1 is 1.13 bits per heavy atom. The number of alkyl halides is 1. The van der Waals surface area contributed by atoms with Crippen molar-refractivity contribution in [2.45, 2.75) is 12.8 Å². The highest BCUT2D eigenvalue weighted by Gasteiger charge is 2.05. The van der Waals surface area contributed by atoms with E-state index < -0.39 is 0 Å². The summed E-state index contributed by atoms with van der Waals surface area (Å²) >= 11 is 5.71. The number of H-pyrrole nitrogens is 2. The lowest BCUT2D eigenvalue weighted by Gasteiger charge is -1.87. The Kier molecular flexibility index (Phi) is 1.73. The summed E-state index contributed by atoms with van der Waals surface area (Å²) in [5.74, 6) is 2.10. The normalized spacial score (nSPS) is 11.6. The molecule has 2 aromatic heterocycles. The van der Waals surface area contributed by atoms with Crippen LogP contribution in [0.3, 0.4) is 0 Å². The van der Waals surface area contributed by atoms with E-state index in [1.807, 2.05) is 19.1 Å². The predicted octanol–water partition coefficient (Wildman–Crippen LogP) is 2.49. The van der Waals surface area contributed by atoms with Crippen LogP contribution in [0.5, 0.6) is 0 Å². The Balaban J connectivity index is 2.37. The zero-order valence-corrected chi connectivity index (χ0v) is 8.89. The minimum Gasteiger partial charge on any atom is -0.342 e. The number of hydrogen-bond donors (Lipinski definition) is 2. The molecule has 0 atom stereocenters. The number of imidazole rings is 2. The van der Waals surface area contributed by atoms with E-state index in [4.69, 9.17) is 11.6 Å². The Morgan fingerprint density at radius 3 is 2.67 bits per heavy atom. The van der Waals surface area contributed by atoms with Crippen molar-refractivity contribution >= 4 is 33.7 Å². The van der Waals surface area contributed by atoms with Crippen molar-refractivity contribution in [1.82, 2.24) is 19.9 Å². The smallest absolute Gasteiger partial charge is 0.122 e. The van der Waals surface area contributed by atoms with Gasteiger partial charge in [-0.1, -0.05) is 0 Å². The average Bonchev–Trinajstić information content (AvgIpc) is 2.74. The van der Waals surface area contributed by atoms with E-state index in [0.717, 1.165) is 33.7 Å². The second kappa shape index (κ2) is 2.97. The number of aromatic amines is 2. The van der Waals surface area contributed by atoms with Gasteiger partial charge in [-0.25, -0.2) is 9.97 Å². The first-order chi connectivity index (χ1) is 7.26.